The van der Waals surface area contributed by atoms with Crippen molar-refractivity contribution < 1.29 is 14.7 Å². The fraction of sp³-hybridized carbons (Fsp3) is 0.467. The molecule has 0 spiro atoms. The molecule has 0 aromatic heterocycles. The molecule has 1 amide bonds. The third-order valence-electron chi connectivity index (χ3n) is 3.74. The van der Waals surface area contributed by atoms with Gasteiger partial charge in [-0.3, -0.25) is 4.79 Å². The third-order valence-corrected chi connectivity index (χ3v) is 3.74. The molecule has 1 N–H and O–H groups in total. The van der Waals surface area contributed by atoms with Crippen molar-refractivity contribution in [2.24, 2.45) is 0 Å². The van der Waals surface area contributed by atoms with E-state index in [1.54, 1.807) is 18.2 Å². The van der Waals surface area contributed by atoms with E-state index in [2.05, 4.69) is 6.92 Å². The molecule has 4 nitrogen and oxygen atoms in total. The molecule has 1 heterocycles. The van der Waals surface area contributed by atoms with E-state index in [1.165, 1.54) is 0 Å². The van der Waals surface area contributed by atoms with E-state index in [-0.39, 0.29) is 5.91 Å². The lowest BCUT2D eigenvalue weighted by Gasteiger charge is -2.23. The van der Waals surface area contributed by atoms with Crippen LogP contribution in [0.4, 0.5) is 0 Å². The van der Waals surface area contributed by atoms with Gasteiger partial charge < -0.3 is 10.0 Å². The van der Waals surface area contributed by atoms with Crippen LogP contribution in [0.5, 0.6) is 0 Å². The number of nitrogens with zero attached hydrogens (tertiary/aromatic N) is 1. The number of carboxylic acid groups (broad SMARTS) is 1. The molecule has 1 unspecified atom stereocenters. The number of carbonyl (C=O) groups is 2. The lowest BCUT2D eigenvalue weighted by atomic mass is 10.1. The first-order chi connectivity index (χ1) is 9.11. The maximum atomic E-state index is 11.8. The third kappa shape index (κ3) is 3.13. The molecule has 19 heavy (non-hydrogen) atoms. The van der Waals surface area contributed by atoms with Crippen molar-refractivity contribution in [2.75, 3.05) is 6.54 Å². The second kappa shape index (κ2) is 5.87. The molecule has 0 saturated carbocycles. The van der Waals surface area contributed by atoms with Crippen LogP contribution in [0.3, 0.4) is 0 Å². The first-order valence-corrected chi connectivity index (χ1v) is 6.73. The predicted molar refractivity (Wildman–Crippen MR) is 72.1 cm³/mol. The van der Waals surface area contributed by atoms with E-state index in [1.807, 2.05) is 11.0 Å². The van der Waals surface area contributed by atoms with Crippen LogP contribution >= 0.6 is 0 Å². The molecule has 1 aromatic carbocycles. The lowest BCUT2D eigenvalue weighted by molar-refractivity contribution is -0.128. The highest BCUT2D eigenvalue weighted by molar-refractivity contribution is 5.87. The van der Waals surface area contributed by atoms with Gasteiger partial charge in [-0.15, -0.1) is 0 Å². The molecule has 1 atom stereocenters. The van der Waals surface area contributed by atoms with Crippen molar-refractivity contribution in [2.45, 2.75) is 38.6 Å². The number of hydrogen-bond donors (Lipinski definition) is 1. The van der Waals surface area contributed by atoms with Gasteiger partial charge in [0.05, 0.1) is 5.56 Å². The number of aromatic carboxylic acids is 1. The van der Waals surface area contributed by atoms with Gasteiger partial charge in [0.15, 0.2) is 0 Å². The minimum absolute atomic E-state index is 0.223. The summed E-state index contributed by atoms with van der Waals surface area (Å²) in [6, 6.07) is 7.29. The van der Waals surface area contributed by atoms with E-state index in [0.29, 0.717) is 31.0 Å². The fourth-order valence-electron chi connectivity index (χ4n) is 2.63. The molecule has 0 aliphatic carbocycles. The molecule has 2 rings (SSSR count). The van der Waals surface area contributed by atoms with Crippen LogP contribution in [0.1, 0.15) is 42.1 Å². The first-order valence-electron chi connectivity index (χ1n) is 6.73. The van der Waals surface area contributed by atoms with Gasteiger partial charge in [-0.25, -0.2) is 4.79 Å². The van der Waals surface area contributed by atoms with Crippen LogP contribution in [0.15, 0.2) is 24.3 Å². The van der Waals surface area contributed by atoms with E-state index >= 15 is 0 Å². The van der Waals surface area contributed by atoms with Gasteiger partial charge in [-0.2, -0.15) is 0 Å². The summed E-state index contributed by atoms with van der Waals surface area (Å²) in [6.07, 6.45) is 3.29. The molecule has 0 radical (unpaired) electrons. The lowest BCUT2D eigenvalue weighted by Crippen LogP contribution is -2.34. The van der Waals surface area contributed by atoms with Crippen LogP contribution in [0, 0.1) is 0 Å². The van der Waals surface area contributed by atoms with Gasteiger partial charge in [-0.1, -0.05) is 19.1 Å². The summed E-state index contributed by atoms with van der Waals surface area (Å²) >= 11 is 0. The second-order valence-electron chi connectivity index (χ2n) is 4.94. The molecular weight excluding hydrogens is 242 g/mol. The van der Waals surface area contributed by atoms with E-state index in [4.69, 9.17) is 5.11 Å². The van der Waals surface area contributed by atoms with Crippen molar-refractivity contribution in [3.8, 4) is 0 Å². The zero-order valence-electron chi connectivity index (χ0n) is 11.1. The van der Waals surface area contributed by atoms with Gasteiger partial charge in [0, 0.05) is 19.0 Å². The Balaban J connectivity index is 2.00. The Kier molecular flexibility index (Phi) is 4.20. The summed E-state index contributed by atoms with van der Waals surface area (Å²) in [7, 11) is 0. The summed E-state index contributed by atoms with van der Waals surface area (Å²) in [5, 5.41) is 8.95. The molecule has 102 valence electrons. The van der Waals surface area contributed by atoms with Crippen LogP contribution in [-0.2, 0) is 11.2 Å². The van der Waals surface area contributed by atoms with Gasteiger partial charge in [0.25, 0.3) is 0 Å². The van der Waals surface area contributed by atoms with Gasteiger partial charge in [0.1, 0.15) is 0 Å². The summed E-state index contributed by atoms with van der Waals surface area (Å²) < 4.78 is 0. The number of hydrogen-bond acceptors (Lipinski definition) is 2. The molecule has 1 aliphatic rings. The Labute approximate surface area is 113 Å². The Bertz CT molecular complexity index is 484. The van der Waals surface area contributed by atoms with Crippen molar-refractivity contribution in [1.29, 1.82) is 0 Å². The number of carbonyl (C=O) groups excluding carboxylic acids is 1. The van der Waals surface area contributed by atoms with Crippen molar-refractivity contribution >= 4 is 11.9 Å². The number of benzene rings is 1. The average molecular weight is 261 g/mol. The smallest absolute Gasteiger partial charge is 0.335 e. The monoisotopic (exact) mass is 261 g/mol. The topological polar surface area (TPSA) is 57.6 Å². The largest absolute Gasteiger partial charge is 0.478 e. The predicted octanol–water partition coefficient (Wildman–Crippen LogP) is 2.33. The molecule has 1 fully saturated rings. The number of likely N-dealkylation sites (tertiary alicyclic amines) is 1. The Morgan fingerprint density at radius 2 is 2.26 bits per heavy atom. The zero-order valence-corrected chi connectivity index (χ0v) is 11.1. The molecular formula is C15H19NO3. The van der Waals surface area contributed by atoms with Gasteiger partial charge in [-0.05, 0) is 37.0 Å². The van der Waals surface area contributed by atoms with Crippen molar-refractivity contribution in [1.82, 2.24) is 4.90 Å². The fourth-order valence-corrected chi connectivity index (χ4v) is 2.63. The average Bonchev–Trinajstić information content (AvgIpc) is 2.77. The number of rotatable bonds is 5. The Hall–Kier alpha value is -1.84. The Morgan fingerprint density at radius 3 is 2.95 bits per heavy atom. The van der Waals surface area contributed by atoms with E-state index in [9.17, 15) is 9.59 Å². The quantitative estimate of drug-likeness (QED) is 0.885. The molecule has 1 aromatic rings. The van der Waals surface area contributed by atoms with Crippen LogP contribution in [0.25, 0.3) is 0 Å². The summed E-state index contributed by atoms with van der Waals surface area (Å²) in [6.45, 7) is 2.78. The summed E-state index contributed by atoms with van der Waals surface area (Å²) in [5.41, 5.74) is 1.27. The first kappa shape index (κ1) is 13.6. The highest BCUT2D eigenvalue weighted by Crippen LogP contribution is 2.21. The second-order valence-corrected chi connectivity index (χ2v) is 4.94. The highest BCUT2D eigenvalue weighted by atomic mass is 16.4. The molecule has 1 aliphatic heterocycles. The number of amides is 1. The van der Waals surface area contributed by atoms with E-state index < -0.39 is 5.97 Å². The summed E-state index contributed by atoms with van der Waals surface area (Å²) in [4.78, 5) is 24.6. The zero-order chi connectivity index (χ0) is 13.8. The SMILES string of the molecule is CCC1CCC(=O)N1CCc1cccc(C(=O)O)c1. The minimum Gasteiger partial charge on any atom is -0.478 e. The van der Waals surface area contributed by atoms with E-state index in [0.717, 1.165) is 18.4 Å². The normalized spacial score (nSPS) is 18.9. The van der Waals surface area contributed by atoms with Crippen LogP contribution in [-0.4, -0.2) is 34.5 Å². The maximum Gasteiger partial charge on any atom is 0.335 e. The maximum absolute atomic E-state index is 11.8. The van der Waals surface area contributed by atoms with Crippen molar-refractivity contribution in [3.05, 3.63) is 35.4 Å². The standard InChI is InChI=1S/C15H19NO3/c1-2-13-6-7-14(17)16(13)9-8-11-4-3-5-12(10-11)15(18)19/h3-5,10,13H,2,6-9H2,1H3,(H,18,19). The summed E-state index contributed by atoms with van der Waals surface area (Å²) in [5.74, 6) is -0.688. The highest BCUT2D eigenvalue weighted by Gasteiger charge is 2.28. The minimum atomic E-state index is -0.912. The molecule has 4 heteroatoms. The molecule has 1 saturated heterocycles. The molecule has 0 bridgehead atoms. The van der Waals surface area contributed by atoms with Crippen LogP contribution < -0.4 is 0 Å². The van der Waals surface area contributed by atoms with Gasteiger partial charge in [0.2, 0.25) is 5.91 Å². The van der Waals surface area contributed by atoms with Gasteiger partial charge >= 0.3 is 5.97 Å². The van der Waals surface area contributed by atoms with Crippen molar-refractivity contribution in [3.63, 3.8) is 0 Å². The Morgan fingerprint density at radius 1 is 1.47 bits per heavy atom. The number of carboxylic acids is 1. The van der Waals surface area contributed by atoms with Crippen LogP contribution in [0.2, 0.25) is 0 Å².